The third-order valence-corrected chi connectivity index (χ3v) is 3.84. The molecule has 4 heterocycles. The van der Waals surface area contributed by atoms with Gasteiger partial charge in [0.05, 0.1) is 22.7 Å². The highest BCUT2D eigenvalue weighted by atomic mass is 35.5. The quantitative estimate of drug-likeness (QED) is 0.450. The summed E-state index contributed by atoms with van der Waals surface area (Å²) in [5, 5.41) is 2.39. The fourth-order valence-corrected chi connectivity index (χ4v) is 2.97. The van der Waals surface area contributed by atoms with E-state index in [1.54, 1.807) is 6.20 Å². The fraction of sp³-hybridized carbons (Fsp3) is 0. The molecule has 0 spiro atoms. The molecule has 5 rings (SSSR count). The molecule has 0 aliphatic carbocycles. The average Bonchev–Trinajstić information content (AvgIpc) is 3.04. The number of aromatic amines is 2. The minimum atomic E-state index is 0. The topological polar surface area (TPSA) is 57.4 Å². The van der Waals surface area contributed by atoms with Gasteiger partial charge in [0.1, 0.15) is 11.0 Å². The van der Waals surface area contributed by atoms with E-state index in [1.165, 1.54) is 10.8 Å². The third kappa shape index (κ3) is 1.51. The number of H-pyrrole nitrogens is 2. The number of pyridine rings is 2. The summed E-state index contributed by atoms with van der Waals surface area (Å²) in [5.41, 5.74) is 6.10. The van der Waals surface area contributed by atoms with Gasteiger partial charge in [-0.1, -0.05) is 18.2 Å². The van der Waals surface area contributed by atoms with E-state index in [0.717, 1.165) is 33.1 Å². The molecule has 0 atom stereocenters. The Morgan fingerprint density at radius 1 is 0.762 bits per heavy atom. The van der Waals surface area contributed by atoms with Crippen molar-refractivity contribution in [1.82, 2.24) is 19.9 Å². The van der Waals surface area contributed by atoms with E-state index in [4.69, 9.17) is 0 Å². The molecular weight excluding hydrogens is 284 g/mol. The lowest BCUT2D eigenvalue weighted by atomic mass is 10.1. The first-order valence-corrected chi connectivity index (χ1v) is 6.53. The summed E-state index contributed by atoms with van der Waals surface area (Å²) < 4.78 is 0. The van der Waals surface area contributed by atoms with Crippen LogP contribution >= 0.6 is 12.4 Å². The Bertz CT molecular complexity index is 1110. The van der Waals surface area contributed by atoms with Crippen LogP contribution in [0, 0.1) is 0 Å². The molecule has 0 unspecified atom stereocenters. The van der Waals surface area contributed by atoms with Crippen LogP contribution in [-0.4, -0.2) is 19.9 Å². The second-order valence-electron chi connectivity index (χ2n) is 4.97. The van der Waals surface area contributed by atoms with E-state index in [9.17, 15) is 0 Å². The molecule has 0 amide bonds. The van der Waals surface area contributed by atoms with Crippen LogP contribution in [0.1, 0.15) is 0 Å². The van der Waals surface area contributed by atoms with Crippen LogP contribution in [0.2, 0.25) is 0 Å². The van der Waals surface area contributed by atoms with Crippen molar-refractivity contribution in [1.29, 1.82) is 0 Å². The van der Waals surface area contributed by atoms with Gasteiger partial charge < -0.3 is 9.97 Å². The maximum absolute atomic E-state index is 4.57. The Hall–Kier alpha value is -2.59. The van der Waals surface area contributed by atoms with Gasteiger partial charge in [0.25, 0.3) is 0 Å². The summed E-state index contributed by atoms with van der Waals surface area (Å²) in [4.78, 5) is 15.9. The van der Waals surface area contributed by atoms with Gasteiger partial charge in [-0.2, -0.15) is 0 Å². The van der Waals surface area contributed by atoms with Gasteiger partial charge in [-0.05, 0) is 18.2 Å². The van der Waals surface area contributed by atoms with Gasteiger partial charge in [-0.15, -0.1) is 12.4 Å². The van der Waals surface area contributed by atoms with Crippen LogP contribution in [0.15, 0.2) is 48.8 Å². The largest absolute Gasteiger partial charge is 0.353 e. The second kappa shape index (κ2) is 4.20. The highest BCUT2D eigenvalue weighted by Crippen LogP contribution is 2.32. The van der Waals surface area contributed by atoms with Crippen LogP contribution in [0.3, 0.4) is 0 Å². The highest BCUT2D eigenvalue weighted by Gasteiger charge is 2.13. The molecule has 0 saturated carbocycles. The molecular formula is C16H11ClN4. The summed E-state index contributed by atoms with van der Waals surface area (Å²) in [7, 11) is 0. The number of benzene rings is 1. The van der Waals surface area contributed by atoms with Crippen LogP contribution in [-0.2, 0) is 0 Å². The van der Waals surface area contributed by atoms with Crippen molar-refractivity contribution in [3.63, 3.8) is 0 Å². The zero-order valence-corrected chi connectivity index (χ0v) is 11.7. The SMILES string of the molecule is Cl.c1ccc2c(c1)[nH]c1cnc3c4ncccc4[nH]c3c12. The van der Waals surface area contributed by atoms with Crippen molar-refractivity contribution in [3.8, 4) is 0 Å². The van der Waals surface area contributed by atoms with E-state index in [1.807, 2.05) is 24.4 Å². The molecule has 5 heteroatoms. The summed E-state index contributed by atoms with van der Waals surface area (Å²) >= 11 is 0. The van der Waals surface area contributed by atoms with Crippen LogP contribution in [0.25, 0.3) is 43.9 Å². The van der Waals surface area contributed by atoms with Crippen molar-refractivity contribution in [2.24, 2.45) is 0 Å². The number of nitrogens with zero attached hydrogens (tertiary/aromatic N) is 2. The maximum atomic E-state index is 4.57. The Morgan fingerprint density at radius 2 is 1.62 bits per heavy atom. The number of nitrogens with one attached hydrogen (secondary N) is 2. The zero-order chi connectivity index (χ0) is 13.1. The Balaban J connectivity index is 0.00000115. The first-order chi connectivity index (χ1) is 9.92. The summed E-state index contributed by atoms with van der Waals surface area (Å²) in [6, 6.07) is 12.3. The van der Waals surface area contributed by atoms with Gasteiger partial charge in [0.15, 0.2) is 0 Å². The Kier molecular flexibility index (Phi) is 2.43. The van der Waals surface area contributed by atoms with Gasteiger partial charge in [0, 0.05) is 22.5 Å². The maximum Gasteiger partial charge on any atom is 0.115 e. The highest BCUT2D eigenvalue weighted by molar-refractivity contribution is 6.22. The van der Waals surface area contributed by atoms with Crippen LogP contribution < -0.4 is 0 Å². The summed E-state index contributed by atoms with van der Waals surface area (Å²) in [6.07, 6.45) is 3.69. The monoisotopic (exact) mass is 294 g/mol. The average molecular weight is 295 g/mol. The summed E-state index contributed by atoms with van der Waals surface area (Å²) in [5.74, 6) is 0. The Morgan fingerprint density at radius 3 is 2.57 bits per heavy atom. The number of hydrogen-bond donors (Lipinski definition) is 2. The van der Waals surface area contributed by atoms with Gasteiger partial charge in [-0.3, -0.25) is 9.97 Å². The Labute approximate surface area is 125 Å². The van der Waals surface area contributed by atoms with E-state index in [-0.39, 0.29) is 12.4 Å². The number of fused-ring (bicyclic) bond motifs is 7. The standard InChI is InChI=1S/C16H10N4.ClH/c1-2-5-10-9(4-1)13-12(19-10)8-18-16-14-11(20-15(13)16)6-3-7-17-14;/h1-8,19-20H;1H. The van der Waals surface area contributed by atoms with Crippen molar-refractivity contribution >= 4 is 56.3 Å². The van der Waals surface area contributed by atoms with E-state index in [0.29, 0.717) is 0 Å². The van der Waals surface area contributed by atoms with Crippen LogP contribution in [0.4, 0.5) is 0 Å². The lowest BCUT2D eigenvalue weighted by Crippen LogP contribution is -1.78. The van der Waals surface area contributed by atoms with Gasteiger partial charge in [-0.25, -0.2) is 0 Å². The van der Waals surface area contributed by atoms with Crippen molar-refractivity contribution in [3.05, 3.63) is 48.8 Å². The molecule has 4 aromatic heterocycles. The van der Waals surface area contributed by atoms with E-state index < -0.39 is 0 Å². The fourth-order valence-electron chi connectivity index (χ4n) is 2.97. The number of hydrogen-bond acceptors (Lipinski definition) is 2. The molecule has 0 saturated heterocycles. The van der Waals surface area contributed by atoms with Crippen LogP contribution in [0.5, 0.6) is 0 Å². The molecule has 21 heavy (non-hydrogen) atoms. The van der Waals surface area contributed by atoms with Gasteiger partial charge >= 0.3 is 0 Å². The smallest absolute Gasteiger partial charge is 0.115 e. The first-order valence-electron chi connectivity index (χ1n) is 6.53. The van der Waals surface area contributed by atoms with Crippen molar-refractivity contribution in [2.45, 2.75) is 0 Å². The predicted molar refractivity (Wildman–Crippen MR) is 88.0 cm³/mol. The normalized spacial score (nSPS) is 11.4. The molecule has 1 aromatic carbocycles. The summed E-state index contributed by atoms with van der Waals surface area (Å²) in [6.45, 7) is 0. The molecule has 0 aliphatic rings. The third-order valence-electron chi connectivity index (χ3n) is 3.84. The molecule has 5 aromatic rings. The lowest BCUT2D eigenvalue weighted by molar-refractivity contribution is 1.39. The molecule has 4 nitrogen and oxygen atoms in total. The minimum Gasteiger partial charge on any atom is -0.353 e. The lowest BCUT2D eigenvalue weighted by Gasteiger charge is -1.93. The number of para-hydroxylation sites is 1. The first kappa shape index (κ1) is 12.2. The van der Waals surface area contributed by atoms with Gasteiger partial charge in [0.2, 0.25) is 0 Å². The molecule has 0 aliphatic heterocycles. The number of rotatable bonds is 0. The molecule has 0 fully saturated rings. The molecule has 0 bridgehead atoms. The van der Waals surface area contributed by atoms with E-state index >= 15 is 0 Å². The van der Waals surface area contributed by atoms with E-state index in [2.05, 4.69) is 38.1 Å². The molecule has 0 radical (unpaired) electrons. The minimum absolute atomic E-state index is 0. The predicted octanol–water partition coefficient (Wildman–Crippen LogP) is 4.17. The second-order valence-corrected chi connectivity index (χ2v) is 4.97. The number of aromatic nitrogens is 4. The van der Waals surface area contributed by atoms with Crippen molar-refractivity contribution in [2.75, 3.05) is 0 Å². The van der Waals surface area contributed by atoms with Crippen molar-refractivity contribution < 1.29 is 0 Å². The zero-order valence-electron chi connectivity index (χ0n) is 10.9. The molecule has 2 N–H and O–H groups in total. The number of halogens is 1. The molecule has 102 valence electrons.